The van der Waals surface area contributed by atoms with Gasteiger partial charge >= 0.3 is 5.97 Å². The Morgan fingerprint density at radius 1 is 1.22 bits per heavy atom. The van der Waals surface area contributed by atoms with Crippen molar-refractivity contribution in [1.82, 2.24) is 5.32 Å². The lowest BCUT2D eigenvalue weighted by molar-refractivity contribution is -0.140. The molecule has 0 aromatic carbocycles. The number of carbonyl (C=O) groups excluding carboxylic acids is 1. The Kier molecular flexibility index (Phi) is 3.39. The van der Waals surface area contributed by atoms with Crippen molar-refractivity contribution in [2.24, 2.45) is 11.3 Å². The molecule has 2 saturated carbocycles. The molecule has 2 fully saturated rings. The van der Waals surface area contributed by atoms with Crippen molar-refractivity contribution in [3.8, 4) is 0 Å². The Hall–Kier alpha value is -1.06. The van der Waals surface area contributed by atoms with Gasteiger partial charge in [0.05, 0.1) is 12.0 Å². The van der Waals surface area contributed by atoms with Crippen LogP contribution in [-0.4, -0.2) is 22.5 Å². The fourth-order valence-electron chi connectivity index (χ4n) is 3.07. The maximum Gasteiger partial charge on any atom is 0.305 e. The monoisotopic (exact) mass is 253 g/mol. The Bertz CT molecular complexity index is 354. The summed E-state index contributed by atoms with van der Waals surface area (Å²) in [4.78, 5) is 23.2. The van der Waals surface area contributed by atoms with E-state index in [1.54, 1.807) is 0 Å². The van der Waals surface area contributed by atoms with Crippen LogP contribution < -0.4 is 5.32 Å². The van der Waals surface area contributed by atoms with Gasteiger partial charge in [-0.2, -0.15) is 0 Å². The fraction of sp³-hybridized carbons (Fsp3) is 0.857. The van der Waals surface area contributed by atoms with Crippen molar-refractivity contribution >= 4 is 11.9 Å². The molecule has 102 valence electrons. The van der Waals surface area contributed by atoms with Gasteiger partial charge in [-0.3, -0.25) is 9.59 Å². The van der Waals surface area contributed by atoms with E-state index < -0.39 is 11.5 Å². The summed E-state index contributed by atoms with van der Waals surface area (Å²) in [5.41, 5.74) is -0.634. The van der Waals surface area contributed by atoms with Gasteiger partial charge < -0.3 is 10.4 Å². The van der Waals surface area contributed by atoms with E-state index in [2.05, 4.69) is 19.2 Å². The van der Waals surface area contributed by atoms with Crippen LogP contribution in [0.4, 0.5) is 0 Å². The molecule has 4 nitrogen and oxygen atoms in total. The van der Waals surface area contributed by atoms with Gasteiger partial charge in [0.1, 0.15) is 0 Å². The van der Waals surface area contributed by atoms with Crippen LogP contribution in [0.2, 0.25) is 0 Å². The van der Waals surface area contributed by atoms with Crippen LogP contribution in [0.1, 0.15) is 58.8 Å². The molecule has 2 rings (SSSR count). The SMILES string of the molecule is CC(C)CC1(C(=O)NC2(CC(=O)O)CC2)CCC1. The van der Waals surface area contributed by atoms with Crippen LogP contribution in [0.25, 0.3) is 0 Å². The van der Waals surface area contributed by atoms with Gasteiger partial charge in [-0.1, -0.05) is 20.3 Å². The van der Waals surface area contributed by atoms with E-state index in [4.69, 9.17) is 5.11 Å². The highest BCUT2D eigenvalue weighted by molar-refractivity contribution is 5.85. The van der Waals surface area contributed by atoms with Gasteiger partial charge in [0.15, 0.2) is 0 Å². The van der Waals surface area contributed by atoms with E-state index in [1.165, 1.54) is 0 Å². The molecule has 0 atom stereocenters. The first-order valence-corrected chi connectivity index (χ1v) is 6.92. The van der Waals surface area contributed by atoms with E-state index in [-0.39, 0.29) is 17.7 Å². The predicted molar refractivity (Wildman–Crippen MR) is 68.1 cm³/mol. The first-order valence-electron chi connectivity index (χ1n) is 6.92. The van der Waals surface area contributed by atoms with Crippen molar-refractivity contribution < 1.29 is 14.7 Å². The summed E-state index contributed by atoms with van der Waals surface area (Å²) in [7, 11) is 0. The third-order valence-corrected chi connectivity index (χ3v) is 4.31. The summed E-state index contributed by atoms with van der Waals surface area (Å²) in [6, 6.07) is 0. The highest BCUT2D eigenvalue weighted by Gasteiger charge is 2.51. The van der Waals surface area contributed by atoms with Crippen LogP contribution in [0.15, 0.2) is 0 Å². The van der Waals surface area contributed by atoms with E-state index >= 15 is 0 Å². The molecule has 2 N–H and O–H groups in total. The summed E-state index contributed by atoms with van der Waals surface area (Å²) >= 11 is 0. The minimum absolute atomic E-state index is 0.0660. The van der Waals surface area contributed by atoms with Crippen LogP contribution in [0.3, 0.4) is 0 Å². The summed E-state index contributed by atoms with van der Waals surface area (Å²) in [5, 5.41) is 11.9. The topological polar surface area (TPSA) is 66.4 Å². The van der Waals surface area contributed by atoms with Gasteiger partial charge in [-0.25, -0.2) is 0 Å². The minimum atomic E-state index is -0.820. The standard InChI is InChI=1S/C14H23NO3/c1-10(2)8-13(4-3-5-13)12(18)15-14(6-7-14)9-11(16)17/h10H,3-9H2,1-2H3,(H,15,18)(H,16,17). The minimum Gasteiger partial charge on any atom is -0.481 e. The van der Waals surface area contributed by atoms with Gasteiger partial charge in [-0.05, 0) is 38.0 Å². The van der Waals surface area contributed by atoms with Crippen molar-refractivity contribution in [3.05, 3.63) is 0 Å². The average Bonchev–Trinajstić information content (AvgIpc) is 2.89. The molecular weight excluding hydrogens is 230 g/mol. The molecule has 0 saturated heterocycles. The Morgan fingerprint density at radius 2 is 1.83 bits per heavy atom. The first-order chi connectivity index (χ1) is 8.38. The number of rotatable bonds is 6. The largest absolute Gasteiger partial charge is 0.481 e. The Labute approximate surface area is 108 Å². The molecule has 1 amide bonds. The van der Waals surface area contributed by atoms with E-state index in [0.717, 1.165) is 38.5 Å². The molecule has 0 aliphatic heterocycles. The van der Waals surface area contributed by atoms with Crippen molar-refractivity contribution in [2.75, 3.05) is 0 Å². The molecule has 18 heavy (non-hydrogen) atoms. The molecule has 2 aliphatic carbocycles. The second-order valence-corrected chi connectivity index (χ2v) is 6.54. The Morgan fingerprint density at radius 3 is 2.17 bits per heavy atom. The van der Waals surface area contributed by atoms with Gasteiger partial charge in [0, 0.05) is 5.41 Å². The maximum absolute atomic E-state index is 12.4. The van der Waals surface area contributed by atoms with Gasteiger partial charge in [0.25, 0.3) is 0 Å². The lowest BCUT2D eigenvalue weighted by Gasteiger charge is -2.42. The number of aliphatic carboxylic acids is 1. The smallest absolute Gasteiger partial charge is 0.305 e. The molecule has 0 heterocycles. The molecule has 0 spiro atoms. The lowest BCUT2D eigenvalue weighted by atomic mass is 9.64. The highest BCUT2D eigenvalue weighted by atomic mass is 16.4. The number of carbonyl (C=O) groups is 2. The second-order valence-electron chi connectivity index (χ2n) is 6.54. The highest BCUT2D eigenvalue weighted by Crippen LogP contribution is 2.48. The molecule has 4 heteroatoms. The average molecular weight is 253 g/mol. The zero-order valence-corrected chi connectivity index (χ0v) is 11.3. The summed E-state index contributed by atoms with van der Waals surface area (Å²) in [6.45, 7) is 4.27. The summed E-state index contributed by atoms with van der Waals surface area (Å²) in [6.07, 6.45) is 5.64. The third kappa shape index (κ3) is 2.68. The third-order valence-electron chi connectivity index (χ3n) is 4.31. The number of amides is 1. The molecular formula is C14H23NO3. The predicted octanol–water partition coefficient (Wildman–Crippen LogP) is 2.33. The van der Waals surface area contributed by atoms with Gasteiger partial charge in [-0.15, -0.1) is 0 Å². The molecule has 0 aromatic rings. The van der Waals surface area contributed by atoms with Crippen molar-refractivity contribution in [3.63, 3.8) is 0 Å². The maximum atomic E-state index is 12.4. The molecule has 0 aromatic heterocycles. The second kappa shape index (κ2) is 4.56. The van der Waals surface area contributed by atoms with Crippen molar-refractivity contribution in [2.45, 2.75) is 64.3 Å². The number of nitrogens with one attached hydrogen (secondary N) is 1. The number of carboxylic acid groups (broad SMARTS) is 1. The van der Waals surface area contributed by atoms with Crippen LogP contribution in [-0.2, 0) is 9.59 Å². The lowest BCUT2D eigenvalue weighted by Crippen LogP contribution is -2.51. The number of carboxylic acids is 1. The van der Waals surface area contributed by atoms with E-state index in [0.29, 0.717) is 5.92 Å². The fourth-order valence-corrected chi connectivity index (χ4v) is 3.07. The van der Waals surface area contributed by atoms with Crippen LogP contribution in [0, 0.1) is 11.3 Å². The molecule has 2 aliphatic rings. The zero-order chi connectivity index (χ0) is 13.4. The number of hydrogen-bond donors (Lipinski definition) is 2. The van der Waals surface area contributed by atoms with Crippen LogP contribution >= 0.6 is 0 Å². The summed E-state index contributed by atoms with van der Waals surface area (Å²) < 4.78 is 0. The molecule has 0 radical (unpaired) electrons. The number of hydrogen-bond acceptors (Lipinski definition) is 2. The van der Waals surface area contributed by atoms with Crippen molar-refractivity contribution in [1.29, 1.82) is 0 Å². The normalized spacial score (nSPS) is 23.3. The zero-order valence-electron chi connectivity index (χ0n) is 11.3. The summed E-state index contributed by atoms with van der Waals surface area (Å²) in [5.74, 6) is -0.216. The molecule has 0 unspecified atom stereocenters. The van der Waals surface area contributed by atoms with E-state index in [1.807, 2.05) is 0 Å². The first kappa shape index (κ1) is 13.4. The quantitative estimate of drug-likeness (QED) is 0.763. The Balaban J connectivity index is 1.96. The van der Waals surface area contributed by atoms with E-state index in [9.17, 15) is 9.59 Å². The van der Waals surface area contributed by atoms with Gasteiger partial charge in [0.2, 0.25) is 5.91 Å². The molecule has 0 bridgehead atoms. The van der Waals surface area contributed by atoms with Crippen LogP contribution in [0.5, 0.6) is 0 Å².